The van der Waals surface area contributed by atoms with Crippen molar-refractivity contribution in [2.24, 2.45) is 0 Å². The fourth-order valence-electron chi connectivity index (χ4n) is 3.01. The normalized spacial score (nSPS) is 16.5. The van der Waals surface area contributed by atoms with E-state index < -0.39 is 26.9 Å². The summed E-state index contributed by atoms with van der Waals surface area (Å²) < 4.78 is 41.0. The van der Waals surface area contributed by atoms with Crippen molar-refractivity contribution in [1.29, 1.82) is 0 Å². The monoisotopic (exact) mass is 341 g/mol. The molecule has 1 aromatic rings. The largest absolute Gasteiger partial charge is 0.293 e. The Bertz CT molecular complexity index is 679. The van der Waals surface area contributed by atoms with Gasteiger partial charge in [-0.25, -0.2) is 17.5 Å². The number of benzene rings is 1. The molecule has 1 aromatic carbocycles. The minimum absolute atomic E-state index is 0.0341. The number of hydrogen-bond acceptors (Lipinski definition) is 3. The molecule has 0 aromatic heterocycles. The average Bonchev–Trinajstić information content (AvgIpc) is 2.56. The molecule has 0 heterocycles. The Kier molecular flexibility index (Phi) is 5.92. The van der Waals surface area contributed by atoms with Crippen molar-refractivity contribution >= 4 is 15.8 Å². The van der Waals surface area contributed by atoms with Gasteiger partial charge in [0.15, 0.2) is 5.78 Å². The summed E-state index contributed by atoms with van der Waals surface area (Å²) in [6, 6.07) is 3.22. The molecule has 128 valence electrons. The van der Waals surface area contributed by atoms with Gasteiger partial charge in [-0.2, -0.15) is 0 Å². The second-order valence-electron chi connectivity index (χ2n) is 6.18. The van der Waals surface area contributed by atoms with Crippen molar-refractivity contribution in [3.63, 3.8) is 0 Å². The molecule has 1 fully saturated rings. The fraction of sp³-hybridized carbons (Fsp3) is 0.588. The molecule has 0 aliphatic heterocycles. The van der Waals surface area contributed by atoms with Crippen LogP contribution >= 0.6 is 0 Å². The minimum atomic E-state index is -3.52. The highest BCUT2D eigenvalue weighted by molar-refractivity contribution is 7.90. The quantitative estimate of drug-likeness (QED) is 0.809. The average molecular weight is 341 g/mol. The van der Waals surface area contributed by atoms with E-state index in [0.29, 0.717) is 24.8 Å². The lowest BCUT2D eigenvalue weighted by Gasteiger charge is -2.21. The maximum atomic E-state index is 14.1. The lowest BCUT2D eigenvalue weighted by Crippen LogP contribution is -2.38. The maximum Gasteiger partial charge on any atom is 0.214 e. The van der Waals surface area contributed by atoms with Crippen LogP contribution in [0.3, 0.4) is 0 Å². The number of ketones is 1. The molecule has 0 spiro atoms. The highest BCUT2D eigenvalue weighted by Crippen LogP contribution is 2.23. The minimum Gasteiger partial charge on any atom is -0.293 e. The molecular weight excluding hydrogens is 317 g/mol. The summed E-state index contributed by atoms with van der Waals surface area (Å²) in [7, 11) is -3.52. The van der Waals surface area contributed by atoms with Crippen LogP contribution in [0.2, 0.25) is 0 Å². The summed E-state index contributed by atoms with van der Waals surface area (Å²) in [5.41, 5.74) is 1.23. The summed E-state index contributed by atoms with van der Waals surface area (Å²) in [5, 5.41) is -0.433. The summed E-state index contributed by atoms with van der Waals surface area (Å²) in [5.74, 6) is -1.09. The Morgan fingerprint density at radius 2 is 1.91 bits per heavy atom. The van der Waals surface area contributed by atoms with Crippen LogP contribution in [0.15, 0.2) is 12.1 Å². The van der Waals surface area contributed by atoms with Crippen LogP contribution in [0, 0.1) is 12.7 Å². The maximum absolute atomic E-state index is 14.1. The number of sulfonamides is 1. The van der Waals surface area contributed by atoms with Gasteiger partial charge in [-0.05, 0) is 43.4 Å². The van der Waals surface area contributed by atoms with Crippen LogP contribution in [-0.2, 0) is 16.4 Å². The van der Waals surface area contributed by atoms with Gasteiger partial charge in [0.1, 0.15) is 5.82 Å². The molecule has 1 N–H and O–H groups in total. The van der Waals surface area contributed by atoms with Crippen LogP contribution in [0.25, 0.3) is 0 Å². The topological polar surface area (TPSA) is 63.2 Å². The fourth-order valence-corrected chi connectivity index (χ4v) is 4.53. The van der Waals surface area contributed by atoms with Crippen molar-refractivity contribution in [2.75, 3.05) is 6.54 Å². The molecule has 23 heavy (non-hydrogen) atoms. The lowest BCUT2D eigenvalue weighted by atomic mass is 10.0. The molecule has 1 aliphatic carbocycles. The third kappa shape index (κ3) is 4.38. The molecule has 0 saturated heterocycles. The van der Waals surface area contributed by atoms with Gasteiger partial charge in [0, 0.05) is 0 Å². The van der Waals surface area contributed by atoms with Crippen LogP contribution < -0.4 is 4.72 Å². The molecule has 1 aliphatic rings. The second kappa shape index (κ2) is 7.53. The number of nitrogens with one attached hydrogen (secondary N) is 1. The van der Waals surface area contributed by atoms with Crippen molar-refractivity contribution < 1.29 is 17.6 Å². The summed E-state index contributed by atoms with van der Waals surface area (Å²) in [6.45, 7) is 3.15. The van der Waals surface area contributed by atoms with Crippen LogP contribution in [-0.4, -0.2) is 26.0 Å². The van der Waals surface area contributed by atoms with Gasteiger partial charge in [0.25, 0.3) is 0 Å². The summed E-state index contributed by atoms with van der Waals surface area (Å²) in [6.07, 6.45) is 4.79. The Morgan fingerprint density at radius 3 is 2.52 bits per heavy atom. The van der Waals surface area contributed by atoms with Crippen molar-refractivity contribution in [3.05, 3.63) is 34.6 Å². The Labute approximate surface area is 137 Å². The highest BCUT2D eigenvalue weighted by Gasteiger charge is 2.28. The number of rotatable bonds is 6. The molecule has 0 atom stereocenters. The number of Topliss-reactive ketones (excluding diaryl/α,β-unsaturated/α-hetero) is 1. The lowest BCUT2D eigenvalue weighted by molar-refractivity contribution is 0.0992. The van der Waals surface area contributed by atoms with Gasteiger partial charge >= 0.3 is 0 Å². The number of hydrogen-bond donors (Lipinski definition) is 1. The third-order valence-electron chi connectivity index (χ3n) is 4.45. The van der Waals surface area contributed by atoms with E-state index in [1.54, 1.807) is 13.0 Å². The molecule has 0 amide bonds. The molecular formula is C17H24FNO3S. The predicted octanol–water partition coefficient (Wildman–Crippen LogP) is 3.13. The van der Waals surface area contributed by atoms with Gasteiger partial charge in [0.2, 0.25) is 10.0 Å². The molecule has 1 saturated carbocycles. The molecule has 4 nitrogen and oxygen atoms in total. The standard InChI is InChI=1S/C17H24FNO3S/c1-3-13-9-12(2)17(18)15(10-13)16(20)11-19-23(21,22)14-7-5-4-6-8-14/h9-10,14,19H,3-8,11H2,1-2H3. The van der Waals surface area contributed by atoms with E-state index in [4.69, 9.17) is 0 Å². The first kappa shape index (κ1) is 18.1. The van der Waals surface area contributed by atoms with Gasteiger partial charge in [-0.15, -0.1) is 0 Å². The smallest absolute Gasteiger partial charge is 0.214 e. The van der Waals surface area contributed by atoms with E-state index in [0.717, 1.165) is 24.8 Å². The van der Waals surface area contributed by atoms with E-state index in [1.807, 2.05) is 6.92 Å². The van der Waals surface area contributed by atoms with Gasteiger partial charge in [-0.1, -0.05) is 32.3 Å². The number of carbonyl (C=O) groups excluding carboxylic acids is 1. The zero-order chi connectivity index (χ0) is 17.0. The van der Waals surface area contributed by atoms with Crippen LogP contribution in [0.4, 0.5) is 4.39 Å². The Balaban J connectivity index is 2.09. The molecule has 0 radical (unpaired) electrons. The van der Waals surface area contributed by atoms with Gasteiger partial charge in [0.05, 0.1) is 17.4 Å². The van der Waals surface area contributed by atoms with E-state index in [-0.39, 0.29) is 12.1 Å². The van der Waals surface area contributed by atoms with E-state index in [1.165, 1.54) is 6.07 Å². The van der Waals surface area contributed by atoms with E-state index >= 15 is 0 Å². The molecule has 0 unspecified atom stereocenters. The van der Waals surface area contributed by atoms with Crippen LogP contribution in [0.5, 0.6) is 0 Å². The molecule has 6 heteroatoms. The molecule has 2 rings (SSSR count). The number of aryl methyl sites for hydroxylation is 2. The number of halogens is 1. The van der Waals surface area contributed by atoms with Gasteiger partial charge < -0.3 is 0 Å². The number of carbonyl (C=O) groups is 1. The highest BCUT2D eigenvalue weighted by atomic mass is 32.2. The van der Waals surface area contributed by atoms with Crippen LogP contribution in [0.1, 0.15) is 60.5 Å². The van der Waals surface area contributed by atoms with E-state index in [2.05, 4.69) is 4.72 Å². The second-order valence-corrected chi connectivity index (χ2v) is 8.22. The first-order chi connectivity index (χ1) is 10.8. The zero-order valence-corrected chi connectivity index (χ0v) is 14.5. The molecule has 0 bridgehead atoms. The predicted molar refractivity (Wildman–Crippen MR) is 88.6 cm³/mol. The zero-order valence-electron chi connectivity index (χ0n) is 13.7. The van der Waals surface area contributed by atoms with E-state index in [9.17, 15) is 17.6 Å². The Morgan fingerprint density at radius 1 is 1.26 bits per heavy atom. The van der Waals surface area contributed by atoms with Crippen molar-refractivity contribution in [1.82, 2.24) is 4.72 Å². The summed E-state index contributed by atoms with van der Waals surface area (Å²) in [4.78, 5) is 12.2. The summed E-state index contributed by atoms with van der Waals surface area (Å²) >= 11 is 0. The Hall–Kier alpha value is -1.27. The SMILES string of the molecule is CCc1cc(C)c(F)c(C(=O)CNS(=O)(=O)C2CCCCC2)c1. The third-order valence-corrected chi connectivity index (χ3v) is 6.34. The first-order valence-corrected chi connectivity index (χ1v) is 9.70. The first-order valence-electron chi connectivity index (χ1n) is 8.16. The van der Waals surface area contributed by atoms with Crippen molar-refractivity contribution in [2.45, 2.75) is 57.6 Å². The van der Waals surface area contributed by atoms with Crippen molar-refractivity contribution in [3.8, 4) is 0 Å². The van der Waals surface area contributed by atoms with Gasteiger partial charge in [-0.3, -0.25) is 4.79 Å².